The van der Waals surface area contributed by atoms with Gasteiger partial charge in [0, 0.05) is 24.2 Å². The van der Waals surface area contributed by atoms with Crippen LogP contribution in [0.2, 0.25) is 0 Å². The summed E-state index contributed by atoms with van der Waals surface area (Å²) in [7, 11) is -4.06. The van der Waals surface area contributed by atoms with E-state index < -0.39 is 27.6 Å². The number of rotatable bonds is 9. The van der Waals surface area contributed by atoms with Crippen molar-refractivity contribution >= 4 is 22.0 Å². The van der Waals surface area contributed by atoms with E-state index >= 15 is 0 Å². The molecule has 0 amide bonds. The Morgan fingerprint density at radius 2 is 2.10 bits per heavy atom. The Bertz CT molecular complexity index is 1070. The SMILES string of the molecule is C=CC[C@H]1CN(S(=O)(=O)Nc2ccccn2)CC1(N=[N+]=[N-])C(=O)OCc1ccccc1. The van der Waals surface area contributed by atoms with Gasteiger partial charge in [0.1, 0.15) is 12.4 Å². The van der Waals surface area contributed by atoms with Crippen molar-refractivity contribution in [2.45, 2.75) is 18.6 Å². The van der Waals surface area contributed by atoms with Crippen LogP contribution in [0.4, 0.5) is 5.82 Å². The molecule has 1 unspecified atom stereocenters. The number of aromatic nitrogens is 1. The molecule has 0 radical (unpaired) electrons. The van der Waals surface area contributed by atoms with Gasteiger partial charge < -0.3 is 4.74 Å². The molecule has 3 rings (SSSR count). The van der Waals surface area contributed by atoms with Crippen LogP contribution in [0.25, 0.3) is 10.4 Å². The minimum atomic E-state index is -4.06. The number of hydrogen-bond donors (Lipinski definition) is 1. The highest BCUT2D eigenvalue weighted by atomic mass is 32.2. The smallest absolute Gasteiger partial charge is 0.320 e. The minimum Gasteiger partial charge on any atom is -0.460 e. The van der Waals surface area contributed by atoms with Crippen LogP contribution in [-0.2, 0) is 26.3 Å². The first-order valence-electron chi connectivity index (χ1n) is 9.48. The Hall–Kier alpha value is -3.40. The van der Waals surface area contributed by atoms with Crippen LogP contribution in [-0.4, -0.2) is 42.3 Å². The zero-order valence-electron chi connectivity index (χ0n) is 16.7. The largest absolute Gasteiger partial charge is 0.460 e. The Morgan fingerprint density at radius 1 is 1.35 bits per heavy atom. The molecule has 0 saturated carbocycles. The molecule has 10 nitrogen and oxygen atoms in total. The van der Waals surface area contributed by atoms with Crippen molar-refractivity contribution in [3.63, 3.8) is 0 Å². The molecular weight excluding hydrogens is 420 g/mol. The molecule has 2 aromatic rings. The van der Waals surface area contributed by atoms with Crippen molar-refractivity contribution in [3.05, 3.63) is 83.4 Å². The first kappa shape index (κ1) is 22.3. The lowest BCUT2D eigenvalue weighted by atomic mass is 9.85. The van der Waals surface area contributed by atoms with Crippen molar-refractivity contribution in [1.82, 2.24) is 9.29 Å². The van der Waals surface area contributed by atoms with E-state index in [1.165, 1.54) is 12.3 Å². The van der Waals surface area contributed by atoms with E-state index in [4.69, 9.17) is 10.3 Å². The van der Waals surface area contributed by atoms with E-state index in [0.717, 1.165) is 9.87 Å². The van der Waals surface area contributed by atoms with Crippen LogP contribution in [0.3, 0.4) is 0 Å². The predicted molar refractivity (Wildman–Crippen MR) is 115 cm³/mol. The lowest BCUT2D eigenvalue weighted by Gasteiger charge is -2.26. The first-order chi connectivity index (χ1) is 14.9. The van der Waals surface area contributed by atoms with Crippen molar-refractivity contribution in [3.8, 4) is 0 Å². The number of benzene rings is 1. The molecule has 31 heavy (non-hydrogen) atoms. The summed E-state index contributed by atoms with van der Waals surface area (Å²) in [5.41, 5.74) is 8.21. The predicted octanol–water partition coefficient (Wildman–Crippen LogP) is 3.04. The molecule has 0 bridgehead atoms. The summed E-state index contributed by atoms with van der Waals surface area (Å²) >= 11 is 0. The number of esters is 1. The number of anilines is 1. The maximum atomic E-state index is 13.1. The van der Waals surface area contributed by atoms with Crippen LogP contribution in [0, 0.1) is 5.92 Å². The van der Waals surface area contributed by atoms with E-state index in [2.05, 4.69) is 26.3 Å². The lowest BCUT2D eigenvalue weighted by Crippen LogP contribution is -2.46. The number of pyridine rings is 1. The lowest BCUT2D eigenvalue weighted by molar-refractivity contribution is -0.152. The second kappa shape index (κ2) is 9.61. The molecule has 2 atom stereocenters. The Balaban J connectivity index is 1.86. The molecule has 1 aromatic carbocycles. The summed E-state index contributed by atoms with van der Waals surface area (Å²) in [5, 5.41) is 3.75. The average Bonchev–Trinajstić information content (AvgIpc) is 3.14. The number of carbonyl (C=O) groups excluding carboxylic acids is 1. The van der Waals surface area contributed by atoms with Gasteiger partial charge in [0.15, 0.2) is 5.54 Å². The van der Waals surface area contributed by atoms with Gasteiger partial charge in [0.05, 0.1) is 0 Å². The van der Waals surface area contributed by atoms with E-state index in [9.17, 15) is 13.2 Å². The summed E-state index contributed by atoms with van der Waals surface area (Å²) in [6.07, 6.45) is 3.27. The molecule has 1 aromatic heterocycles. The molecule has 1 N–H and O–H groups in total. The molecule has 0 spiro atoms. The normalized spacial score (nSPS) is 21.1. The van der Waals surface area contributed by atoms with Gasteiger partial charge in [-0.3, -0.25) is 9.52 Å². The van der Waals surface area contributed by atoms with E-state index in [1.54, 1.807) is 42.5 Å². The minimum absolute atomic E-state index is 0.0257. The fourth-order valence-electron chi connectivity index (χ4n) is 3.45. The zero-order chi connectivity index (χ0) is 22.3. The van der Waals surface area contributed by atoms with Gasteiger partial charge in [-0.1, -0.05) is 47.6 Å². The van der Waals surface area contributed by atoms with Crippen molar-refractivity contribution in [2.75, 3.05) is 17.8 Å². The van der Waals surface area contributed by atoms with Crippen LogP contribution in [0.1, 0.15) is 12.0 Å². The van der Waals surface area contributed by atoms with Gasteiger partial charge in [-0.05, 0) is 35.6 Å². The van der Waals surface area contributed by atoms with E-state index in [0.29, 0.717) is 0 Å². The molecule has 11 heteroatoms. The van der Waals surface area contributed by atoms with Gasteiger partial charge in [0.25, 0.3) is 0 Å². The fourth-order valence-corrected chi connectivity index (χ4v) is 4.70. The number of nitrogens with zero attached hydrogens (tertiary/aromatic N) is 5. The maximum Gasteiger partial charge on any atom is 0.320 e. The number of azide groups is 1. The zero-order valence-corrected chi connectivity index (χ0v) is 17.5. The topological polar surface area (TPSA) is 137 Å². The van der Waals surface area contributed by atoms with Gasteiger partial charge in [-0.15, -0.1) is 6.58 Å². The highest BCUT2D eigenvalue weighted by Gasteiger charge is 2.55. The average molecular weight is 443 g/mol. The fraction of sp³-hybridized carbons (Fsp3) is 0.300. The van der Waals surface area contributed by atoms with Gasteiger partial charge in [-0.2, -0.15) is 12.7 Å². The number of carbonyl (C=O) groups is 1. The molecule has 1 aliphatic heterocycles. The molecule has 162 valence electrons. The van der Waals surface area contributed by atoms with Gasteiger partial charge >= 0.3 is 16.2 Å². The second-order valence-electron chi connectivity index (χ2n) is 7.01. The Labute approximate surface area is 180 Å². The third-order valence-corrected chi connectivity index (χ3v) is 6.42. The quantitative estimate of drug-likeness (QED) is 0.209. The van der Waals surface area contributed by atoms with Crippen LogP contribution in [0.5, 0.6) is 0 Å². The van der Waals surface area contributed by atoms with E-state index in [1.807, 2.05) is 6.07 Å². The second-order valence-corrected chi connectivity index (χ2v) is 8.68. The molecular formula is C20H22N6O4S. The number of ether oxygens (including phenoxy) is 1. The molecule has 1 fully saturated rings. The Kier molecular flexibility index (Phi) is 6.91. The van der Waals surface area contributed by atoms with Gasteiger partial charge in [-0.25, -0.2) is 4.98 Å². The number of allylic oxidation sites excluding steroid dienone is 1. The third-order valence-electron chi connectivity index (χ3n) is 5.00. The van der Waals surface area contributed by atoms with Crippen LogP contribution in [0.15, 0.2) is 72.5 Å². The molecule has 2 heterocycles. The van der Waals surface area contributed by atoms with Crippen LogP contribution < -0.4 is 4.72 Å². The summed E-state index contributed by atoms with van der Waals surface area (Å²) in [6, 6.07) is 13.8. The summed E-state index contributed by atoms with van der Waals surface area (Å²) < 4.78 is 34.7. The number of hydrogen-bond acceptors (Lipinski definition) is 6. The van der Waals surface area contributed by atoms with Crippen molar-refractivity contribution in [2.24, 2.45) is 11.0 Å². The van der Waals surface area contributed by atoms with E-state index in [-0.39, 0.29) is 31.9 Å². The number of nitrogens with one attached hydrogen (secondary N) is 1. The highest BCUT2D eigenvalue weighted by molar-refractivity contribution is 7.90. The summed E-state index contributed by atoms with van der Waals surface area (Å²) in [5.74, 6) is -1.28. The summed E-state index contributed by atoms with van der Waals surface area (Å²) in [4.78, 5) is 19.9. The standard InChI is InChI=1S/C20H22N6O4S/c1-2-8-17-13-26(31(28,29)23-18-11-6-7-12-22-18)15-20(17,24-25-21)19(27)30-14-16-9-4-3-5-10-16/h2-7,9-12,17H,1,8,13-15H2,(H,22,23)/t17-,20?/m0/s1. The molecule has 0 aliphatic carbocycles. The third kappa shape index (κ3) is 5.02. The van der Waals surface area contributed by atoms with Crippen molar-refractivity contribution in [1.29, 1.82) is 0 Å². The Morgan fingerprint density at radius 3 is 2.74 bits per heavy atom. The first-order valence-corrected chi connectivity index (χ1v) is 10.9. The maximum absolute atomic E-state index is 13.1. The highest BCUT2D eigenvalue weighted by Crippen LogP contribution is 2.37. The van der Waals surface area contributed by atoms with Crippen molar-refractivity contribution < 1.29 is 17.9 Å². The molecule has 1 aliphatic rings. The summed E-state index contributed by atoms with van der Waals surface area (Å²) in [6.45, 7) is 3.25. The molecule has 1 saturated heterocycles. The van der Waals surface area contributed by atoms with Gasteiger partial charge in [0.2, 0.25) is 0 Å². The van der Waals surface area contributed by atoms with Crippen LogP contribution >= 0.6 is 0 Å². The monoisotopic (exact) mass is 442 g/mol.